The van der Waals surface area contributed by atoms with Crippen molar-refractivity contribution in [1.29, 1.82) is 0 Å². The van der Waals surface area contributed by atoms with Crippen molar-refractivity contribution in [2.45, 2.75) is 11.8 Å². The van der Waals surface area contributed by atoms with Gasteiger partial charge in [0, 0.05) is 14.3 Å². The topological polar surface area (TPSA) is 82.9 Å². The largest absolute Gasteiger partial charge is 0.265 e. The van der Waals surface area contributed by atoms with E-state index in [0.717, 1.165) is 0 Å². The Balaban J connectivity index is 3.38. The minimum absolute atomic E-state index is 0.0576. The molecule has 13 heavy (non-hydrogen) atoms. The number of rotatable bonds is 2. The molecule has 0 unspecified atom stereocenters. The minimum atomic E-state index is -3.83. The van der Waals surface area contributed by atoms with Gasteiger partial charge in [-0.3, -0.25) is 0 Å². The van der Waals surface area contributed by atoms with Crippen LogP contribution in [0.4, 0.5) is 0 Å². The average Bonchev–Trinajstić information content (AvgIpc) is 2.30. The zero-order valence-electron chi connectivity index (χ0n) is 6.43. The van der Waals surface area contributed by atoms with Gasteiger partial charge in [-0.2, -0.15) is 0 Å². The minimum Gasteiger partial charge on any atom is -0.216 e. The Morgan fingerprint density at radius 1 is 1.69 bits per heavy atom. The SMILES string of the molecule is Cc1sc(Br)cc1S(=O)(=O)N=[N+]=[N-]. The lowest BCUT2D eigenvalue weighted by atomic mass is 10.5. The number of azide groups is 1. The zero-order valence-corrected chi connectivity index (χ0v) is 9.65. The molecule has 0 atom stereocenters. The summed E-state index contributed by atoms with van der Waals surface area (Å²) in [6.07, 6.45) is 0. The van der Waals surface area contributed by atoms with Crippen LogP contribution >= 0.6 is 27.3 Å². The highest BCUT2D eigenvalue weighted by atomic mass is 79.9. The molecule has 0 saturated heterocycles. The molecular formula is C5H4BrN3O2S2. The van der Waals surface area contributed by atoms with Gasteiger partial charge in [0.2, 0.25) is 0 Å². The van der Waals surface area contributed by atoms with Gasteiger partial charge in [0.05, 0.1) is 8.68 Å². The van der Waals surface area contributed by atoms with E-state index in [0.29, 0.717) is 8.66 Å². The van der Waals surface area contributed by atoms with Gasteiger partial charge >= 0.3 is 0 Å². The van der Waals surface area contributed by atoms with Crippen molar-refractivity contribution in [3.05, 3.63) is 25.2 Å². The third kappa shape index (κ3) is 2.22. The summed E-state index contributed by atoms with van der Waals surface area (Å²) in [6, 6.07) is 1.42. The van der Waals surface area contributed by atoms with Gasteiger partial charge in [0.1, 0.15) is 0 Å². The van der Waals surface area contributed by atoms with E-state index in [1.807, 2.05) is 0 Å². The summed E-state index contributed by atoms with van der Waals surface area (Å²) in [4.78, 5) is 2.91. The summed E-state index contributed by atoms with van der Waals surface area (Å²) in [6.45, 7) is 1.65. The van der Waals surface area contributed by atoms with Crippen LogP contribution < -0.4 is 0 Å². The van der Waals surface area contributed by atoms with Crippen molar-refractivity contribution in [3.63, 3.8) is 0 Å². The predicted octanol–water partition coefficient (Wildman–Crippen LogP) is 2.82. The van der Waals surface area contributed by atoms with Gasteiger partial charge < -0.3 is 0 Å². The first-order chi connectivity index (χ1) is 5.97. The van der Waals surface area contributed by atoms with E-state index < -0.39 is 10.0 Å². The van der Waals surface area contributed by atoms with E-state index in [9.17, 15) is 8.42 Å². The fourth-order valence-electron chi connectivity index (χ4n) is 0.779. The molecule has 0 aliphatic heterocycles. The van der Waals surface area contributed by atoms with Crippen LogP contribution in [0.3, 0.4) is 0 Å². The van der Waals surface area contributed by atoms with Crippen molar-refractivity contribution in [3.8, 4) is 0 Å². The number of hydrogen-bond donors (Lipinski definition) is 0. The summed E-state index contributed by atoms with van der Waals surface area (Å²) < 4.78 is 25.9. The smallest absolute Gasteiger partial charge is 0.216 e. The number of thiophene rings is 1. The highest BCUT2D eigenvalue weighted by Gasteiger charge is 2.17. The fourth-order valence-corrected chi connectivity index (χ4v) is 3.85. The Kier molecular flexibility index (Phi) is 2.97. The van der Waals surface area contributed by atoms with E-state index in [1.54, 1.807) is 6.92 Å². The van der Waals surface area contributed by atoms with Gasteiger partial charge in [-0.15, -0.1) is 11.3 Å². The molecule has 5 nitrogen and oxygen atoms in total. The van der Waals surface area contributed by atoms with Crippen LogP contribution in [0.2, 0.25) is 0 Å². The number of sulfonamides is 1. The van der Waals surface area contributed by atoms with Crippen LogP contribution in [-0.4, -0.2) is 8.42 Å². The van der Waals surface area contributed by atoms with Gasteiger partial charge in [-0.25, -0.2) is 8.42 Å². The first-order valence-electron chi connectivity index (χ1n) is 3.04. The highest BCUT2D eigenvalue weighted by molar-refractivity contribution is 9.11. The molecular weight excluding hydrogens is 278 g/mol. The predicted molar refractivity (Wildman–Crippen MR) is 53.1 cm³/mol. The normalized spacial score (nSPS) is 10.9. The van der Waals surface area contributed by atoms with Gasteiger partial charge in [-0.1, -0.05) is 0 Å². The van der Waals surface area contributed by atoms with Crippen molar-refractivity contribution >= 4 is 37.3 Å². The summed E-state index contributed by atoms with van der Waals surface area (Å²) >= 11 is 4.42. The Bertz CT molecular complexity index is 472. The molecule has 0 radical (unpaired) electrons. The van der Waals surface area contributed by atoms with E-state index in [-0.39, 0.29) is 4.90 Å². The maximum Gasteiger partial charge on any atom is 0.265 e. The first-order valence-corrected chi connectivity index (χ1v) is 6.09. The molecule has 8 heteroatoms. The number of hydrogen-bond acceptors (Lipinski definition) is 3. The molecule has 70 valence electrons. The van der Waals surface area contributed by atoms with E-state index in [2.05, 4.69) is 25.4 Å². The zero-order chi connectivity index (χ0) is 10.1. The molecule has 0 saturated carbocycles. The molecule has 0 aliphatic rings. The molecule has 0 bridgehead atoms. The molecule has 1 aromatic rings. The fraction of sp³-hybridized carbons (Fsp3) is 0.200. The monoisotopic (exact) mass is 281 g/mol. The summed E-state index contributed by atoms with van der Waals surface area (Å²) in [5, 5.41) is 0. The van der Waals surface area contributed by atoms with E-state index >= 15 is 0 Å². The molecule has 0 amide bonds. The van der Waals surface area contributed by atoms with Gasteiger partial charge in [0.15, 0.2) is 0 Å². The van der Waals surface area contributed by atoms with Crippen molar-refractivity contribution in [2.24, 2.45) is 4.52 Å². The summed E-state index contributed by atoms with van der Waals surface area (Å²) in [5.41, 5.74) is 8.03. The third-order valence-electron chi connectivity index (χ3n) is 1.26. The second-order valence-electron chi connectivity index (χ2n) is 2.12. The summed E-state index contributed by atoms with van der Waals surface area (Å²) in [5.74, 6) is 0. The highest BCUT2D eigenvalue weighted by Crippen LogP contribution is 2.30. The molecule has 0 aliphatic carbocycles. The Labute approximate surface area is 87.2 Å². The number of aryl methyl sites for hydroxylation is 1. The molecule has 1 aromatic heterocycles. The first kappa shape index (κ1) is 10.5. The Morgan fingerprint density at radius 3 is 2.69 bits per heavy atom. The lowest BCUT2D eigenvalue weighted by Crippen LogP contribution is -1.94. The maximum atomic E-state index is 11.2. The Hall–Kier alpha value is -0.560. The maximum absolute atomic E-state index is 11.2. The summed E-state index contributed by atoms with van der Waals surface area (Å²) in [7, 11) is -3.83. The van der Waals surface area contributed by atoms with Crippen LogP contribution in [-0.2, 0) is 10.0 Å². The van der Waals surface area contributed by atoms with Crippen LogP contribution in [0.25, 0.3) is 10.4 Å². The van der Waals surface area contributed by atoms with Crippen LogP contribution in [0.1, 0.15) is 4.88 Å². The standard InChI is InChI=1S/C5H4BrN3O2S2/c1-3-4(2-5(6)12-3)13(10,11)9-8-7/h2H,1H3. The molecule has 1 rings (SSSR count). The van der Waals surface area contributed by atoms with Crippen molar-refractivity contribution in [1.82, 2.24) is 0 Å². The van der Waals surface area contributed by atoms with Crippen molar-refractivity contribution in [2.75, 3.05) is 0 Å². The second kappa shape index (κ2) is 3.67. The second-order valence-corrected chi connectivity index (χ2v) is 6.31. The number of halogens is 1. The van der Waals surface area contributed by atoms with Gasteiger partial charge in [-0.05, 0) is 34.5 Å². The van der Waals surface area contributed by atoms with E-state index in [1.165, 1.54) is 17.4 Å². The number of nitrogens with zero attached hydrogens (tertiary/aromatic N) is 3. The van der Waals surface area contributed by atoms with Crippen LogP contribution in [0.5, 0.6) is 0 Å². The molecule has 1 heterocycles. The average molecular weight is 282 g/mol. The van der Waals surface area contributed by atoms with Crippen LogP contribution in [0.15, 0.2) is 19.3 Å². The Morgan fingerprint density at radius 2 is 2.31 bits per heavy atom. The third-order valence-corrected chi connectivity index (χ3v) is 4.21. The van der Waals surface area contributed by atoms with E-state index in [4.69, 9.17) is 5.53 Å². The molecule has 0 spiro atoms. The molecule has 0 aromatic carbocycles. The molecule has 0 N–H and O–H groups in total. The van der Waals surface area contributed by atoms with Crippen molar-refractivity contribution < 1.29 is 8.42 Å². The molecule has 0 fully saturated rings. The lowest BCUT2D eigenvalue weighted by molar-refractivity contribution is 0.597. The lowest BCUT2D eigenvalue weighted by Gasteiger charge is -1.92. The van der Waals surface area contributed by atoms with Gasteiger partial charge in [0.25, 0.3) is 10.0 Å². The quantitative estimate of drug-likeness (QED) is 0.474. The van der Waals surface area contributed by atoms with Crippen LogP contribution in [0, 0.1) is 6.92 Å².